The van der Waals surface area contributed by atoms with Crippen molar-refractivity contribution in [2.24, 2.45) is 0 Å². The van der Waals surface area contributed by atoms with Crippen LogP contribution in [0.3, 0.4) is 0 Å². The van der Waals surface area contributed by atoms with E-state index in [9.17, 15) is 8.78 Å². The van der Waals surface area contributed by atoms with Crippen LogP contribution >= 0.6 is 11.6 Å². The Kier molecular flexibility index (Phi) is 3.10. The Hall–Kier alpha value is -2.07. The molecule has 0 saturated carbocycles. The van der Waals surface area contributed by atoms with Gasteiger partial charge in [-0.25, -0.2) is 18.7 Å². The van der Waals surface area contributed by atoms with Gasteiger partial charge in [-0.2, -0.15) is 0 Å². The van der Waals surface area contributed by atoms with Gasteiger partial charge in [0.25, 0.3) is 0 Å². The number of rotatable bonds is 1. The fraction of sp³-hybridized carbons (Fsp3) is 0.0667. The van der Waals surface area contributed by atoms with Crippen LogP contribution in [0.4, 0.5) is 8.78 Å². The van der Waals surface area contributed by atoms with Gasteiger partial charge >= 0.3 is 0 Å². The van der Waals surface area contributed by atoms with Gasteiger partial charge in [0.1, 0.15) is 5.82 Å². The Morgan fingerprint density at radius 1 is 0.950 bits per heavy atom. The number of nitrogens with zero attached hydrogens (tertiary/aromatic N) is 2. The van der Waals surface area contributed by atoms with Gasteiger partial charge in [0.2, 0.25) is 0 Å². The molecular formula is C15H9ClF2N2. The van der Waals surface area contributed by atoms with Crippen LogP contribution in [0.2, 0.25) is 5.15 Å². The van der Waals surface area contributed by atoms with E-state index in [2.05, 4.69) is 9.97 Å². The summed E-state index contributed by atoms with van der Waals surface area (Å²) in [6.07, 6.45) is 0. The predicted molar refractivity (Wildman–Crippen MR) is 74.6 cm³/mol. The van der Waals surface area contributed by atoms with Crippen molar-refractivity contribution in [1.82, 2.24) is 9.97 Å². The molecule has 0 bridgehead atoms. The Labute approximate surface area is 119 Å². The summed E-state index contributed by atoms with van der Waals surface area (Å²) < 4.78 is 27.3. The lowest BCUT2D eigenvalue weighted by molar-refractivity contribution is 0.603. The van der Waals surface area contributed by atoms with E-state index < -0.39 is 5.82 Å². The number of fused-ring (bicyclic) bond motifs is 1. The topological polar surface area (TPSA) is 25.8 Å². The fourth-order valence-corrected chi connectivity index (χ4v) is 2.32. The third kappa shape index (κ3) is 2.02. The molecule has 0 fully saturated rings. The lowest BCUT2D eigenvalue weighted by Gasteiger charge is -2.08. The van der Waals surface area contributed by atoms with E-state index in [1.807, 2.05) is 0 Å². The van der Waals surface area contributed by atoms with Crippen molar-refractivity contribution < 1.29 is 8.78 Å². The second-order valence-corrected chi connectivity index (χ2v) is 4.74. The van der Waals surface area contributed by atoms with E-state index in [0.29, 0.717) is 16.3 Å². The lowest BCUT2D eigenvalue weighted by atomic mass is 10.0. The van der Waals surface area contributed by atoms with Gasteiger partial charge in [0.05, 0.1) is 5.69 Å². The fourth-order valence-electron chi connectivity index (χ4n) is 2.10. The minimum Gasteiger partial charge on any atom is -0.230 e. The Morgan fingerprint density at radius 2 is 1.65 bits per heavy atom. The summed E-state index contributed by atoms with van der Waals surface area (Å²) in [5.41, 5.74) is 0.778. The summed E-state index contributed by atoms with van der Waals surface area (Å²) in [7, 11) is 0. The third-order valence-corrected chi connectivity index (χ3v) is 3.34. The van der Waals surface area contributed by atoms with Crippen LogP contribution < -0.4 is 0 Å². The minimum atomic E-state index is -0.637. The molecule has 0 N–H and O–H groups in total. The van der Waals surface area contributed by atoms with Gasteiger partial charge in [-0.15, -0.1) is 0 Å². The molecular weight excluding hydrogens is 282 g/mol. The van der Waals surface area contributed by atoms with Crippen LogP contribution in [0.25, 0.3) is 22.2 Å². The van der Waals surface area contributed by atoms with E-state index in [-0.39, 0.29) is 22.5 Å². The molecule has 0 aliphatic carbocycles. The second-order valence-electron chi connectivity index (χ2n) is 4.38. The molecule has 0 atom stereocenters. The summed E-state index contributed by atoms with van der Waals surface area (Å²) in [5, 5.41) is 0.891. The summed E-state index contributed by atoms with van der Waals surface area (Å²) >= 11 is 5.75. The van der Waals surface area contributed by atoms with Crippen LogP contribution in [0, 0.1) is 18.6 Å². The highest BCUT2D eigenvalue weighted by atomic mass is 35.5. The molecule has 3 rings (SSSR count). The smallest absolute Gasteiger partial charge is 0.181 e. The molecule has 0 aliphatic heterocycles. The first-order valence-electron chi connectivity index (χ1n) is 5.95. The normalized spacial score (nSPS) is 11.0. The summed E-state index contributed by atoms with van der Waals surface area (Å²) in [4.78, 5) is 8.03. The molecule has 5 heteroatoms. The average Bonchev–Trinajstić information content (AvgIpc) is 2.45. The van der Waals surface area contributed by atoms with Gasteiger partial charge in [-0.1, -0.05) is 35.9 Å². The van der Waals surface area contributed by atoms with Crippen molar-refractivity contribution in [2.45, 2.75) is 6.92 Å². The lowest BCUT2D eigenvalue weighted by Crippen LogP contribution is -1.98. The Bertz CT molecular complexity index is 795. The molecule has 2 nitrogen and oxygen atoms in total. The van der Waals surface area contributed by atoms with Gasteiger partial charge in [-0.3, -0.25) is 0 Å². The molecule has 0 spiro atoms. The highest BCUT2D eigenvalue weighted by molar-refractivity contribution is 6.29. The number of aromatic nitrogens is 2. The maximum absolute atomic E-state index is 13.8. The third-order valence-electron chi connectivity index (χ3n) is 3.09. The molecule has 0 aliphatic rings. The SMILES string of the molecule is Cc1nc(-c2ccc(F)c3ccccc23)nc(Cl)c1F. The van der Waals surface area contributed by atoms with E-state index >= 15 is 0 Å². The minimum absolute atomic E-state index is 0.161. The molecule has 0 radical (unpaired) electrons. The van der Waals surface area contributed by atoms with Crippen molar-refractivity contribution >= 4 is 22.4 Å². The number of hydrogen-bond acceptors (Lipinski definition) is 2. The van der Waals surface area contributed by atoms with Gasteiger partial charge in [0, 0.05) is 10.9 Å². The second kappa shape index (κ2) is 4.80. The highest BCUT2D eigenvalue weighted by Crippen LogP contribution is 2.29. The van der Waals surface area contributed by atoms with Crippen LogP contribution in [0.1, 0.15) is 5.69 Å². The summed E-state index contributed by atoms with van der Waals surface area (Å²) in [6, 6.07) is 9.90. The number of aryl methyl sites for hydroxylation is 1. The first-order chi connectivity index (χ1) is 9.58. The molecule has 0 amide bonds. The number of hydrogen-bond donors (Lipinski definition) is 0. The van der Waals surface area contributed by atoms with E-state index in [4.69, 9.17) is 11.6 Å². The van der Waals surface area contributed by atoms with Crippen LogP contribution in [-0.4, -0.2) is 9.97 Å². The molecule has 2 aromatic carbocycles. The first-order valence-corrected chi connectivity index (χ1v) is 6.33. The Morgan fingerprint density at radius 3 is 2.35 bits per heavy atom. The summed E-state index contributed by atoms with van der Waals surface area (Å²) in [5.74, 6) is -0.679. The number of benzene rings is 2. The van der Waals surface area contributed by atoms with Gasteiger partial charge in [-0.05, 0) is 24.4 Å². The molecule has 20 heavy (non-hydrogen) atoms. The van der Waals surface area contributed by atoms with E-state index in [1.165, 1.54) is 13.0 Å². The molecule has 0 unspecified atom stereocenters. The standard InChI is InChI=1S/C15H9ClF2N2/c1-8-13(18)14(16)20-15(19-8)11-6-7-12(17)10-5-3-2-4-9(10)11/h2-7H,1H3. The number of halogens is 3. The predicted octanol–water partition coefficient (Wildman–Crippen LogP) is 4.54. The molecule has 100 valence electrons. The molecule has 3 aromatic rings. The molecule has 1 heterocycles. The average molecular weight is 291 g/mol. The van der Waals surface area contributed by atoms with Crippen molar-refractivity contribution in [1.29, 1.82) is 0 Å². The van der Waals surface area contributed by atoms with E-state index in [1.54, 1.807) is 30.3 Å². The van der Waals surface area contributed by atoms with Crippen molar-refractivity contribution in [3.63, 3.8) is 0 Å². The maximum atomic E-state index is 13.8. The zero-order valence-electron chi connectivity index (χ0n) is 10.5. The van der Waals surface area contributed by atoms with E-state index in [0.717, 1.165) is 0 Å². The van der Waals surface area contributed by atoms with Crippen molar-refractivity contribution in [2.75, 3.05) is 0 Å². The van der Waals surface area contributed by atoms with Gasteiger partial charge < -0.3 is 0 Å². The Balaban J connectivity index is 2.33. The highest BCUT2D eigenvalue weighted by Gasteiger charge is 2.14. The van der Waals surface area contributed by atoms with Crippen molar-refractivity contribution in [3.8, 4) is 11.4 Å². The van der Waals surface area contributed by atoms with Crippen LogP contribution in [0.15, 0.2) is 36.4 Å². The maximum Gasteiger partial charge on any atom is 0.181 e. The van der Waals surface area contributed by atoms with Crippen molar-refractivity contribution in [3.05, 3.63) is 58.9 Å². The zero-order chi connectivity index (χ0) is 14.3. The van der Waals surface area contributed by atoms with Crippen LogP contribution in [-0.2, 0) is 0 Å². The quantitative estimate of drug-likeness (QED) is 0.615. The zero-order valence-corrected chi connectivity index (χ0v) is 11.2. The summed E-state index contributed by atoms with van der Waals surface area (Å²) in [6.45, 7) is 1.51. The first kappa shape index (κ1) is 12.9. The monoisotopic (exact) mass is 290 g/mol. The molecule has 1 aromatic heterocycles. The van der Waals surface area contributed by atoms with Gasteiger partial charge in [0.15, 0.2) is 16.8 Å². The molecule has 0 saturated heterocycles. The van der Waals surface area contributed by atoms with Crippen LogP contribution in [0.5, 0.6) is 0 Å². The largest absolute Gasteiger partial charge is 0.230 e.